The van der Waals surface area contributed by atoms with Gasteiger partial charge < -0.3 is 10.6 Å². The number of thioether (sulfide) groups is 1. The number of anilines is 1. The smallest absolute Gasteiger partial charge is 0.151 e. The van der Waals surface area contributed by atoms with E-state index in [0.717, 1.165) is 24.3 Å². The molecule has 0 unspecified atom stereocenters. The van der Waals surface area contributed by atoms with Gasteiger partial charge in [0.15, 0.2) is 5.17 Å². The van der Waals surface area contributed by atoms with Crippen molar-refractivity contribution in [2.45, 2.75) is 0 Å². The highest BCUT2D eigenvalue weighted by atomic mass is 32.2. The zero-order valence-corrected chi connectivity index (χ0v) is 9.96. The summed E-state index contributed by atoms with van der Waals surface area (Å²) in [6.45, 7) is 0.810. The van der Waals surface area contributed by atoms with Gasteiger partial charge in [0.25, 0.3) is 0 Å². The van der Waals surface area contributed by atoms with E-state index in [-0.39, 0.29) is 5.17 Å². The molecule has 0 saturated carbocycles. The first-order chi connectivity index (χ1) is 7.63. The van der Waals surface area contributed by atoms with Crippen LogP contribution in [0.1, 0.15) is 10.4 Å². The fraction of sp³-hybridized carbons (Fsp3) is 0.273. The van der Waals surface area contributed by atoms with Crippen LogP contribution in [0.5, 0.6) is 0 Å². The largest absolute Gasteiger partial charge is 0.379 e. The van der Waals surface area contributed by atoms with Crippen LogP contribution in [0.15, 0.2) is 24.3 Å². The van der Waals surface area contributed by atoms with Crippen LogP contribution in [-0.2, 0) is 0 Å². The average molecular weight is 237 g/mol. The molecule has 1 rings (SSSR count). The third-order valence-electron chi connectivity index (χ3n) is 2.15. The third-order valence-corrected chi connectivity index (χ3v) is 2.85. The number of aldehydes is 1. The first-order valence-electron chi connectivity index (χ1n) is 4.86. The second-order valence-corrected chi connectivity index (χ2v) is 4.48. The minimum atomic E-state index is 0.143. The van der Waals surface area contributed by atoms with E-state index in [4.69, 9.17) is 11.1 Å². The lowest BCUT2D eigenvalue weighted by molar-refractivity contribution is 0.112. The Kier molecular flexibility index (Phi) is 4.85. The van der Waals surface area contributed by atoms with E-state index in [9.17, 15) is 4.79 Å². The van der Waals surface area contributed by atoms with Gasteiger partial charge in [-0.25, -0.2) is 0 Å². The van der Waals surface area contributed by atoms with Crippen molar-refractivity contribution >= 4 is 28.9 Å². The van der Waals surface area contributed by atoms with Gasteiger partial charge in [-0.05, 0) is 24.3 Å². The van der Waals surface area contributed by atoms with Crippen molar-refractivity contribution in [1.82, 2.24) is 0 Å². The predicted octanol–water partition coefficient (Wildman–Crippen LogP) is 1.56. The molecule has 0 spiro atoms. The number of carbonyl (C=O) groups is 1. The SMILES string of the molecule is CN(CCSC(=N)N)c1ccc(C=O)cc1. The second-order valence-electron chi connectivity index (χ2n) is 3.34. The molecule has 5 heteroatoms. The Balaban J connectivity index is 2.48. The summed E-state index contributed by atoms with van der Waals surface area (Å²) in [7, 11) is 1.97. The van der Waals surface area contributed by atoms with E-state index < -0.39 is 0 Å². The Morgan fingerprint density at radius 1 is 1.50 bits per heavy atom. The lowest BCUT2D eigenvalue weighted by Gasteiger charge is -2.18. The Bertz CT molecular complexity index is 364. The van der Waals surface area contributed by atoms with Gasteiger partial charge in [-0.15, -0.1) is 0 Å². The monoisotopic (exact) mass is 237 g/mol. The molecule has 0 aliphatic heterocycles. The van der Waals surface area contributed by atoms with Gasteiger partial charge in [0.05, 0.1) is 0 Å². The first-order valence-corrected chi connectivity index (χ1v) is 5.85. The van der Waals surface area contributed by atoms with E-state index in [1.54, 1.807) is 12.1 Å². The van der Waals surface area contributed by atoms with Crippen molar-refractivity contribution in [1.29, 1.82) is 5.41 Å². The number of nitrogens with one attached hydrogen (secondary N) is 1. The van der Waals surface area contributed by atoms with Crippen LogP contribution < -0.4 is 10.6 Å². The molecule has 0 aliphatic carbocycles. The third kappa shape index (κ3) is 3.94. The molecule has 0 bridgehead atoms. The molecular formula is C11H15N3OS. The zero-order chi connectivity index (χ0) is 12.0. The maximum atomic E-state index is 10.5. The van der Waals surface area contributed by atoms with Gasteiger partial charge in [0.1, 0.15) is 6.29 Å². The number of hydrogen-bond acceptors (Lipinski definition) is 4. The lowest BCUT2D eigenvalue weighted by Crippen LogP contribution is -2.21. The highest BCUT2D eigenvalue weighted by Gasteiger charge is 2.01. The number of amidine groups is 1. The molecule has 0 radical (unpaired) electrons. The molecule has 16 heavy (non-hydrogen) atoms. The Morgan fingerprint density at radius 3 is 2.62 bits per heavy atom. The maximum Gasteiger partial charge on any atom is 0.151 e. The van der Waals surface area contributed by atoms with Crippen molar-refractivity contribution < 1.29 is 4.79 Å². The molecule has 0 atom stereocenters. The van der Waals surface area contributed by atoms with E-state index in [1.165, 1.54) is 11.8 Å². The average Bonchev–Trinajstić information content (AvgIpc) is 2.28. The Morgan fingerprint density at radius 2 is 2.12 bits per heavy atom. The highest BCUT2D eigenvalue weighted by molar-refractivity contribution is 8.13. The van der Waals surface area contributed by atoms with Crippen molar-refractivity contribution in [2.75, 3.05) is 24.2 Å². The Labute approximate surface area is 99.3 Å². The van der Waals surface area contributed by atoms with Gasteiger partial charge in [-0.3, -0.25) is 10.2 Å². The lowest BCUT2D eigenvalue weighted by atomic mass is 10.2. The fourth-order valence-corrected chi connectivity index (χ4v) is 1.81. The van der Waals surface area contributed by atoms with Gasteiger partial charge >= 0.3 is 0 Å². The van der Waals surface area contributed by atoms with E-state index >= 15 is 0 Å². The van der Waals surface area contributed by atoms with Crippen molar-refractivity contribution in [3.8, 4) is 0 Å². The molecule has 1 aromatic carbocycles. The standard InChI is InChI=1S/C11H15N3OS/c1-14(6-7-16-11(12)13)10-4-2-9(8-15)3-5-10/h2-5,8H,6-7H2,1H3,(H3,12,13). The van der Waals surface area contributed by atoms with Gasteiger partial charge in [0.2, 0.25) is 0 Å². The molecule has 0 aliphatic rings. The fourth-order valence-electron chi connectivity index (χ4n) is 1.23. The number of hydrogen-bond donors (Lipinski definition) is 2. The van der Waals surface area contributed by atoms with Crippen LogP contribution in [0.2, 0.25) is 0 Å². The summed E-state index contributed by atoms with van der Waals surface area (Å²) in [6, 6.07) is 7.39. The summed E-state index contributed by atoms with van der Waals surface area (Å²) in [5.41, 5.74) is 6.97. The summed E-state index contributed by atoms with van der Waals surface area (Å²) in [6.07, 6.45) is 0.829. The molecular weight excluding hydrogens is 222 g/mol. The summed E-state index contributed by atoms with van der Waals surface area (Å²) in [5.74, 6) is 0.779. The summed E-state index contributed by atoms with van der Waals surface area (Å²) >= 11 is 1.33. The summed E-state index contributed by atoms with van der Waals surface area (Å²) in [4.78, 5) is 12.5. The zero-order valence-electron chi connectivity index (χ0n) is 9.14. The van der Waals surface area contributed by atoms with Crippen LogP contribution in [0, 0.1) is 5.41 Å². The van der Waals surface area contributed by atoms with E-state index in [0.29, 0.717) is 5.56 Å². The topological polar surface area (TPSA) is 70.2 Å². The number of rotatable bonds is 5. The molecule has 4 nitrogen and oxygen atoms in total. The molecule has 3 N–H and O–H groups in total. The molecule has 0 fully saturated rings. The van der Waals surface area contributed by atoms with Gasteiger partial charge in [-0.2, -0.15) is 0 Å². The van der Waals surface area contributed by atoms with E-state index in [2.05, 4.69) is 4.90 Å². The molecule has 0 aromatic heterocycles. The number of carbonyl (C=O) groups excluding carboxylic acids is 1. The quantitative estimate of drug-likeness (QED) is 0.463. The van der Waals surface area contributed by atoms with Crippen LogP contribution in [0.3, 0.4) is 0 Å². The predicted molar refractivity (Wildman–Crippen MR) is 69.5 cm³/mol. The van der Waals surface area contributed by atoms with Gasteiger partial charge in [0, 0.05) is 30.6 Å². The molecule has 0 saturated heterocycles. The van der Waals surface area contributed by atoms with Crippen LogP contribution in [0.4, 0.5) is 5.69 Å². The van der Waals surface area contributed by atoms with Crippen LogP contribution in [0.25, 0.3) is 0 Å². The summed E-state index contributed by atoms with van der Waals surface area (Å²) in [5, 5.41) is 7.22. The normalized spacial score (nSPS) is 9.81. The molecule has 86 valence electrons. The van der Waals surface area contributed by atoms with Gasteiger partial charge in [-0.1, -0.05) is 11.8 Å². The number of nitrogens with zero attached hydrogens (tertiary/aromatic N) is 1. The minimum Gasteiger partial charge on any atom is -0.379 e. The van der Waals surface area contributed by atoms with Crippen molar-refractivity contribution in [2.24, 2.45) is 5.73 Å². The minimum absolute atomic E-state index is 0.143. The summed E-state index contributed by atoms with van der Waals surface area (Å²) < 4.78 is 0. The van der Waals surface area contributed by atoms with Crippen molar-refractivity contribution in [3.63, 3.8) is 0 Å². The molecule has 0 amide bonds. The highest BCUT2D eigenvalue weighted by Crippen LogP contribution is 2.13. The number of benzene rings is 1. The number of nitrogens with two attached hydrogens (primary N) is 1. The molecule has 0 heterocycles. The Hall–Kier alpha value is -1.49. The second kappa shape index (κ2) is 6.17. The van der Waals surface area contributed by atoms with E-state index in [1.807, 2.05) is 19.2 Å². The molecule has 1 aromatic rings. The van der Waals surface area contributed by atoms with Crippen molar-refractivity contribution in [3.05, 3.63) is 29.8 Å². The first kappa shape index (κ1) is 12.6. The van der Waals surface area contributed by atoms with Crippen LogP contribution >= 0.6 is 11.8 Å². The maximum absolute atomic E-state index is 10.5. The van der Waals surface area contributed by atoms with Crippen LogP contribution in [-0.4, -0.2) is 30.8 Å².